The maximum Gasteiger partial charge on any atom is 0.347 e. The van der Waals surface area contributed by atoms with Crippen molar-refractivity contribution >= 4 is 33.3 Å². The minimum Gasteiger partial charge on any atom is -0.478 e. The van der Waals surface area contributed by atoms with E-state index in [4.69, 9.17) is 15.3 Å². The molecule has 33 heavy (non-hydrogen) atoms. The number of anilines is 1. The Balaban J connectivity index is 0.000000200. The van der Waals surface area contributed by atoms with E-state index in [1.54, 1.807) is 0 Å². The van der Waals surface area contributed by atoms with Crippen LogP contribution in [-0.2, 0) is 0 Å². The lowest BCUT2D eigenvalue weighted by molar-refractivity contribution is 0.0697. The molecule has 0 aliphatic carbocycles. The van der Waals surface area contributed by atoms with E-state index < -0.39 is 23.2 Å². The number of rotatable bonds is 2. The number of nitrogen functional groups attached to an aromatic ring is 1. The molecule has 5 rings (SSSR count). The average Bonchev–Trinajstić information content (AvgIpc) is 2.81. The molecule has 0 saturated heterocycles. The first-order valence-electron chi connectivity index (χ1n) is 9.70. The monoisotopic (exact) mass is 446 g/mol. The van der Waals surface area contributed by atoms with Crippen molar-refractivity contribution in [1.82, 2.24) is 4.98 Å². The predicted octanol–water partition coefficient (Wildman–Crippen LogP) is 5.25. The lowest BCUT2D eigenvalue weighted by Crippen LogP contribution is -2.03. The fourth-order valence-electron chi connectivity index (χ4n) is 3.29. The molecule has 0 spiro atoms. The Morgan fingerprint density at radius 3 is 2.33 bits per heavy atom. The molecular weight excluding hydrogens is 430 g/mol. The minimum absolute atomic E-state index is 0.0684. The van der Waals surface area contributed by atoms with Crippen molar-refractivity contribution in [1.29, 1.82) is 0 Å². The Labute approximate surface area is 185 Å². The normalized spacial score (nSPS) is 10.6. The smallest absolute Gasteiger partial charge is 0.347 e. The lowest BCUT2D eigenvalue weighted by Gasteiger charge is -2.05. The molecular formula is C25H16F2N2O4. The summed E-state index contributed by atoms with van der Waals surface area (Å²) in [5.74, 6) is -2.07. The highest BCUT2D eigenvalue weighted by atomic mass is 19.1. The van der Waals surface area contributed by atoms with E-state index in [0.717, 1.165) is 34.5 Å². The van der Waals surface area contributed by atoms with Crippen molar-refractivity contribution in [3.05, 3.63) is 106 Å². The van der Waals surface area contributed by atoms with Gasteiger partial charge >= 0.3 is 11.6 Å². The van der Waals surface area contributed by atoms with Gasteiger partial charge in [0.1, 0.15) is 11.6 Å². The van der Waals surface area contributed by atoms with E-state index in [1.165, 1.54) is 18.2 Å². The van der Waals surface area contributed by atoms with Gasteiger partial charge in [0.25, 0.3) is 0 Å². The molecule has 3 N–H and O–H groups in total. The zero-order valence-electron chi connectivity index (χ0n) is 17.0. The Kier molecular flexibility index (Phi) is 5.82. The number of nitrogens with zero attached hydrogens (tertiary/aromatic N) is 1. The number of hydrogen-bond acceptors (Lipinski definition) is 5. The number of carbonyl (C=O) groups is 1. The largest absolute Gasteiger partial charge is 0.478 e. The van der Waals surface area contributed by atoms with E-state index in [2.05, 4.69) is 4.98 Å². The molecule has 0 radical (unpaired) electrons. The first kappa shape index (κ1) is 21.6. The van der Waals surface area contributed by atoms with Crippen LogP contribution in [0, 0.1) is 11.6 Å². The summed E-state index contributed by atoms with van der Waals surface area (Å²) in [7, 11) is 0. The molecule has 0 bridgehead atoms. The van der Waals surface area contributed by atoms with Gasteiger partial charge in [-0.3, -0.25) is 0 Å². The van der Waals surface area contributed by atoms with E-state index in [9.17, 15) is 18.4 Å². The highest BCUT2D eigenvalue weighted by Crippen LogP contribution is 2.27. The second kappa shape index (κ2) is 8.88. The third kappa shape index (κ3) is 4.54. The van der Waals surface area contributed by atoms with Gasteiger partial charge in [-0.25, -0.2) is 23.4 Å². The van der Waals surface area contributed by atoms with Gasteiger partial charge in [0.05, 0.1) is 16.5 Å². The van der Waals surface area contributed by atoms with Gasteiger partial charge in [-0.05, 0) is 53.2 Å². The van der Waals surface area contributed by atoms with Crippen molar-refractivity contribution in [3.8, 4) is 11.5 Å². The lowest BCUT2D eigenvalue weighted by atomic mass is 10.0. The maximum absolute atomic E-state index is 13.2. The summed E-state index contributed by atoms with van der Waals surface area (Å²) in [4.78, 5) is 26.8. The fraction of sp³-hybridized carbons (Fsp3) is 0. The van der Waals surface area contributed by atoms with E-state index in [0.29, 0.717) is 5.52 Å². The Morgan fingerprint density at radius 1 is 0.879 bits per heavy atom. The van der Waals surface area contributed by atoms with E-state index in [1.807, 2.05) is 42.5 Å². The van der Waals surface area contributed by atoms with Crippen LogP contribution in [0.25, 0.3) is 33.1 Å². The highest BCUT2D eigenvalue weighted by molar-refractivity contribution is 5.95. The Bertz CT molecular complexity index is 1560. The molecule has 1 heterocycles. The first-order chi connectivity index (χ1) is 15.8. The van der Waals surface area contributed by atoms with Crippen molar-refractivity contribution < 1.29 is 23.1 Å². The summed E-state index contributed by atoms with van der Waals surface area (Å²) < 4.78 is 30.9. The summed E-state index contributed by atoms with van der Waals surface area (Å²) in [5, 5.41) is 10.6. The Morgan fingerprint density at radius 2 is 1.58 bits per heavy atom. The summed E-state index contributed by atoms with van der Waals surface area (Å²) in [6, 6.07) is 20.6. The number of halogens is 2. The molecule has 164 valence electrons. The molecule has 1 aromatic heterocycles. The van der Waals surface area contributed by atoms with Crippen LogP contribution in [0.1, 0.15) is 10.4 Å². The van der Waals surface area contributed by atoms with Crippen molar-refractivity contribution in [2.24, 2.45) is 0 Å². The van der Waals surface area contributed by atoms with Gasteiger partial charge in [-0.2, -0.15) is 0 Å². The van der Waals surface area contributed by atoms with Crippen LogP contribution in [0.4, 0.5) is 14.5 Å². The third-order valence-corrected chi connectivity index (χ3v) is 4.86. The number of aromatic carboxylic acids is 1. The van der Waals surface area contributed by atoms with Crippen molar-refractivity contribution in [3.63, 3.8) is 0 Å². The van der Waals surface area contributed by atoms with E-state index >= 15 is 0 Å². The number of carboxylic acids is 1. The second-order valence-corrected chi connectivity index (χ2v) is 7.03. The van der Waals surface area contributed by atoms with Gasteiger partial charge in [0.2, 0.25) is 5.89 Å². The molecule has 8 heteroatoms. The molecule has 0 atom stereocenters. The Hall–Kier alpha value is -4.59. The zero-order chi connectivity index (χ0) is 23.5. The van der Waals surface area contributed by atoms with Gasteiger partial charge < -0.3 is 15.3 Å². The molecule has 0 amide bonds. The van der Waals surface area contributed by atoms with Crippen LogP contribution in [0.15, 0.2) is 88.1 Å². The third-order valence-electron chi connectivity index (χ3n) is 4.86. The SMILES string of the molecule is Nc1ccc(F)cc1C(=O)O.O=c1oc(-c2cccc3ccccc23)nc2ccc(F)cc12. The predicted molar refractivity (Wildman–Crippen MR) is 121 cm³/mol. The molecule has 0 fully saturated rings. The number of fused-ring (bicyclic) bond motifs is 2. The van der Waals surface area contributed by atoms with Crippen LogP contribution in [0.3, 0.4) is 0 Å². The quantitative estimate of drug-likeness (QED) is 0.359. The number of nitrogens with two attached hydrogens (primary N) is 1. The number of carboxylic acid groups (broad SMARTS) is 1. The molecule has 0 aliphatic heterocycles. The fourth-order valence-corrected chi connectivity index (χ4v) is 3.29. The number of aromatic nitrogens is 1. The van der Waals surface area contributed by atoms with Crippen molar-refractivity contribution in [2.75, 3.05) is 5.73 Å². The van der Waals surface area contributed by atoms with E-state index in [-0.39, 0.29) is 22.5 Å². The summed E-state index contributed by atoms with van der Waals surface area (Å²) in [6.07, 6.45) is 0. The van der Waals surface area contributed by atoms with Crippen LogP contribution >= 0.6 is 0 Å². The number of hydrogen-bond donors (Lipinski definition) is 2. The summed E-state index contributed by atoms with van der Waals surface area (Å²) in [5.41, 5.74) is 5.67. The second-order valence-electron chi connectivity index (χ2n) is 7.03. The van der Waals surface area contributed by atoms with Crippen molar-refractivity contribution in [2.45, 2.75) is 0 Å². The van der Waals surface area contributed by atoms with Gasteiger partial charge in [-0.15, -0.1) is 0 Å². The summed E-state index contributed by atoms with van der Waals surface area (Å²) in [6.45, 7) is 0. The van der Waals surface area contributed by atoms with Crippen LogP contribution < -0.4 is 11.4 Å². The molecule has 5 aromatic rings. The molecule has 0 saturated carbocycles. The van der Waals surface area contributed by atoms with Gasteiger partial charge in [-0.1, -0.05) is 36.4 Å². The minimum atomic E-state index is -1.22. The molecule has 6 nitrogen and oxygen atoms in total. The standard InChI is InChI=1S/C18H10FNO2.C7H6FNO2/c19-12-8-9-16-15(10-12)18(21)22-17(20-16)14-7-3-5-11-4-1-2-6-13(11)14;8-4-1-2-6(9)5(3-4)7(10)11/h1-10H;1-3H,9H2,(H,10,11). The van der Waals surface area contributed by atoms with Crippen LogP contribution in [0.2, 0.25) is 0 Å². The van der Waals surface area contributed by atoms with Gasteiger partial charge in [0.15, 0.2) is 0 Å². The van der Waals surface area contributed by atoms with Gasteiger partial charge in [0, 0.05) is 11.3 Å². The van der Waals surface area contributed by atoms with Crippen LogP contribution in [-0.4, -0.2) is 16.1 Å². The van der Waals surface area contributed by atoms with Crippen LogP contribution in [0.5, 0.6) is 0 Å². The maximum atomic E-state index is 13.2. The number of benzene rings is 4. The first-order valence-corrected chi connectivity index (χ1v) is 9.70. The molecule has 4 aromatic carbocycles. The highest BCUT2D eigenvalue weighted by Gasteiger charge is 2.12. The molecule has 0 unspecified atom stereocenters. The molecule has 0 aliphatic rings. The summed E-state index contributed by atoms with van der Waals surface area (Å²) >= 11 is 0. The topological polar surface area (TPSA) is 106 Å². The average molecular weight is 446 g/mol. The zero-order valence-corrected chi connectivity index (χ0v) is 17.0.